The van der Waals surface area contributed by atoms with E-state index in [1.165, 1.54) is 12.8 Å². The maximum Gasteiger partial charge on any atom is 0.230 e. The molecule has 2 fully saturated rings. The lowest BCUT2D eigenvalue weighted by Crippen LogP contribution is -2.57. The minimum absolute atomic E-state index is 0.0947. The molecule has 0 aromatic carbocycles. The van der Waals surface area contributed by atoms with E-state index in [9.17, 15) is 4.21 Å². The van der Waals surface area contributed by atoms with Crippen molar-refractivity contribution < 1.29 is 4.21 Å². The second kappa shape index (κ2) is 8.35. The fourth-order valence-corrected chi connectivity index (χ4v) is 6.30. The second-order valence-electron chi connectivity index (χ2n) is 9.34. The Bertz CT molecular complexity index is 959. The predicted octanol–water partition coefficient (Wildman–Crippen LogP) is 2.77. The number of aromatic nitrogens is 3. The number of hydrogen-bond donors (Lipinski definition) is 2. The highest BCUT2D eigenvalue weighted by molar-refractivity contribution is 7.86. The molecule has 0 amide bonds. The fraction of sp³-hybridized carbons (Fsp3) is 0.591. The molecule has 166 valence electrons. The predicted molar refractivity (Wildman–Crippen MR) is 125 cm³/mol. The Morgan fingerprint density at radius 2 is 2.03 bits per heavy atom. The molecule has 0 spiro atoms. The molecule has 1 unspecified atom stereocenters. The number of aryl methyl sites for hydroxylation is 1. The average Bonchev–Trinajstić information content (AvgIpc) is 3.28. The highest BCUT2D eigenvalue weighted by atomic mass is 32.2. The summed E-state index contributed by atoms with van der Waals surface area (Å²) in [4.78, 5) is 16.2. The van der Waals surface area contributed by atoms with Crippen molar-refractivity contribution in [2.45, 2.75) is 57.5 Å². The molecule has 3 aliphatic rings. The van der Waals surface area contributed by atoms with Crippen LogP contribution in [-0.2, 0) is 17.4 Å². The van der Waals surface area contributed by atoms with E-state index >= 15 is 0 Å². The Kier molecular flexibility index (Phi) is 5.56. The van der Waals surface area contributed by atoms with Gasteiger partial charge in [-0.2, -0.15) is 4.98 Å². The van der Waals surface area contributed by atoms with Gasteiger partial charge < -0.3 is 15.5 Å². The number of fused-ring (bicyclic) bond motifs is 1. The number of hydrogen-bond acceptors (Lipinski definition) is 7. The first-order valence-electron chi connectivity index (χ1n) is 11.3. The van der Waals surface area contributed by atoms with Crippen molar-refractivity contribution in [3.63, 3.8) is 0 Å². The van der Waals surface area contributed by atoms with Crippen molar-refractivity contribution in [2.24, 2.45) is 0 Å². The molecule has 0 radical (unpaired) electrons. The van der Waals surface area contributed by atoms with Gasteiger partial charge in [-0.1, -0.05) is 12.8 Å². The lowest BCUT2D eigenvalue weighted by Gasteiger charge is -2.40. The molecule has 4 heterocycles. The van der Waals surface area contributed by atoms with Gasteiger partial charge in [0.25, 0.3) is 0 Å². The summed E-state index contributed by atoms with van der Waals surface area (Å²) >= 11 is 0. The van der Waals surface area contributed by atoms with Crippen LogP contribution in [0, 0.1) is 0 Å². The third-order valence-corrected chi connectivity index (χ3v) is 7.86. The van der Waals surface area contributed by atoms with Crippen molar-refractivity contribution in [1.29, 1.82) is 0 Å². The van der Waals surface area contributed by atoms with Gasteiger partial charge in [0, 0.05) is 48.7 Å². The molecule has 2 N–H and O–H groups in total. The van der Waals surface area contributed by atoms with Crippen LogP contribution in [0.5, 0.6) is 0 Å². The van der Waals surface area contributed by atoms with Crippen molar-refractivity contribution in [3.8, 4) is 0 Å². The van der Waals surface area contributed by atoms with E-state index in [4.69, 9.17) is 4.98 Å². The van der Waals surface area contributed by atoms with Crippen LogP contribution in [0.25, 0.3) is 0 Å². The molecule has 5 rings (SSSR count). The number of piperazine rings is 1. The first-order chi connectivity index (χ1) is 15.0. The maximum absolute atomic E-state index is 12.8. The maximum atomic E-state index is 12.8. The fourth-order valence-electron chi connectivity index (χ4n) is 4.82. The van der Waals surface area contributed by atoms with Crippen molar-refractivity contribution in [1.82, 2.24) is 20.3 Å². The first-order valence-corrected chi connectivity index (χ1v) is 12.5. The van der Waals surface area contributed by atoms with Crippen LogP contribution in [0.3, 0.4) is 0 Å². The summed E-state index contributed by atoms with van der Waals surface area (Å²) in [6.45, 7) is 7.33. The summed E-state index contributed by atoms with van der Waals surface area (Å²) in [6, 6.07) is 4.39. The van der Waals surface area contributed by atoms with Gasteiger partial charge in [-0.15, -0.1) is 0 Å². The largest absolute Gasteiger partial charge is 0.367 e. The summed E-state index contributed by atoms with van der Waals surface area (Å²) in [5.74, 6) is 2.70. The third kappa shape index (κ3) is 4.39. The minimum Gasteiger partial charge on any atom is -0.367 e. The van der Waals surface area contributed by atoms with Crippen molar-refractivity contribution >= 4 is 34.3 Å². The minimum atomic E-state index is -1.01. The Balaban J connectivity index is 1.33. The van der Waals surface area contributed by atoms with Gasteiger partial charge in [0.2, 0.25) is 5.95 Å². The standard InChI is InChI=1S/C22H31N7OS/c1-22(2)15-28(11-10-25-22)18-7-8-19(23-14-18)26-21-24-13-16-9-12-31(30)29(20(16)27-21)17-5-3-4-6-17/h7-8,13-14,17,25H,3-6,9-12,15H2,1-2H3,(H,23,24,26,27). The molecule has 1 aliphatic carbocycles. The van der Waals surface area contributed by atoms with Gasteiger partial charge in [-0.3, -0.25) is 4.31 Å². The lowest BCUT2D eigenvalue weighted by atomic mass is 10.0. The number of anilines is 4. The molecule has 1 saturated heterocycles. The van der Waals surface area contributed by atoms with Crippen LogP contribution in [0.4, 0.5) is 23.3 Å². The van der Waals surface area contributed by atoms with Crippen LogP contribution in [-0.4, -0.2) is 56.1 Å². The summed E-state index contributed by atoms with van der Waals surface area (Å²) in [5, 5.41) is 6.77. The highest BCUT2D eigenvalue weighted by Crippen LogP contribution is 2.34. The van der Waals surface area contributed by atoms with E-state index < -0.39 is 11.0 Å². The van der Waals surface area contributed by atoms with E-state index in [1.54, 1.807) is 0 Å². The van der Waals surface area contributed by atoms with E-state index in [-0.39, 0.29) is 5.54 Å². The quantitative estimate of drug-likeness (QED) is 0.754. The van der Waals surface area contributed by atoms with E-state index in [0.717, 1.165) is 56.0 Å². The topological polar surface area (TPSA) is 86.3 Å². The van der Waals surface area contributed by atoms with E-state index in [1.807, 2.05) is 22.8 Å². The Morgan fingerprint density at radius 3 is 2.77 bits per heavy atom. The summed E-state index contributed by atoms with van der Waals surface area (Å²) in [7, 11) is -1.01. The first kappa shape index (κ1) is 20.6. The number of nitrogens with one attached hydrogen (secondary N) is 2. The van der Waals surface area contributed by atoms with Crippen LogP contribution < -0.4 is 19.8 Å². The zero-order valence-electron chi connectivity index (χ0n) is 18.3. The molecule has 1 saturated carbocycles. The molecule has 31 heavy (non-hydrogen) atoms. The summed E-state index contributed by atoms with van der Waals surface area (Å²) in [5.41, 5.74) is 2.30. The highest BCUT2D eigenvalue weighted by Gasteiger charge is 2.33. The van der Waals surface area contributed by atoms with Crippen LogP contribution in [0.2, 0.25) is 0 Å². The SMILES string of the molecule is CC1(C)CN(c2ccc(Nc3ncc4c(n3)N(C3CCCC3)S(=O)CC4)nc2)CCN1. The smallest absolute Gasteiger partial charge is 0.230 e. The molecule has 9 heteroatoms. The molecule has 0 bridgehead atoms. The molecule has 8 nitrogen and oxygen atoms in total. The monoisotopic (exact) mass is 441 g/mol. The Morgan fingerprint density at radius 1 is 1.19 bits per heavy atom. The summed E-state index contributed by atoms with van der Waals surface area (Å²) < 4.78 is 14.8. The number of rotatable bonds is 4. The van der Waals surface area contributed by atoms with Gasteiger partial charge >= 0.3 is 0 Å². The molecular formula is C22H31N7OS. The second-order valence-corrected chi connectivity index (χ2v) is 10.8. The normalized spacial score (nSPS) is 23.6. The Labute approximate surface area is 186 Å². The summed E-state index contributed by atoms with van der Waals surface area (Å²) in [6.07, 6.45) is 9.12. The van der Waals surface area contributed by atoms with Gasteiger partial charge in [0.05, 0.1) is 11.9 Å². The lowest BCUT2D eigenvalue weighted by molar-refractivity contribution is 0.353. The molecule has 1 atom stereocenters. The van der Waals surface area contributed by atoms with Gasteiger partial charge in [-0.25, -0.2) is 14.2 Å². The van der Waals surface area contributed by atoms with Crippen LogP contribution >= 0.6 is 0 Å². The number of pyridine rings is 1. The molecule has 2 aromatic heterocycles. The molecule has 2 aromatic rings. The van der Waals surface area contributed by atoms with E-state index in [2.05, 4.69) is 45.4 Å². The average molecular weight is 442 g/mol. The zero-order valence-corrected chi connectivity index (χ0v) is 19.1. The number of nitrogens with zero attached hydrogens (tertiary/aromatic N) is 5. The van der Waals surface area contributed by atoms with Crippen molar-refractivity contribution in [2.75, 3.05) is 39.9 Å². The third-order valence-electron chi connectivity index (χ3n) is 6.40. The van der Waals surface area contributed by atoms with Crippen molar-refractivity contribution in [3.05, 3.63) is 30.1 Å². The zero-order chi connectivity index (χ0) is 21.4. The molecular weight excluding hydrogens is 410 g/mol. The van der Waals surface area contributed by atoms with Crippen LogP contribution in [0.15, 0.2) is 24.5 Å². The van der Waals surface area contributed by atoms with Crippen LogP contribution in [0.1, 0.15) is 45.1 Å². The van der Waals surface area contributed by atoms with Gasteiger partial charge in [-0.05, 0) is 45.2 Å². The van der Waals surface area contributed by atoms with Gasteiger partial charge in [0.15, 0.2) is 0 Å². The van der Waals surface area contributed by atoms with Gasteiger partial charge in [0.1, 0.15) is 22.6 Å². The Hall–Kier alpha value is -2.26. The molecule has 2 aliphatic heterocycles. The van der Waals surface area contributed by atoms with E-state index in [0.29, 0.717) is 23.6 Å².